The first-order valence-corrected chi connectivity index (χ1v) is 8.38. The molecule has 0 saturated carbocycles. The van der Waals surface area contributed by atoms with Crippen molar-refractivity contribution in [1.29, 1.82) is 0 Å². The highest BCUT2D eigenvalue weighted by molar-refractivity contribution is 7.89. The van der Waals surface area contributed by atoms with Crippen molar-refractivity contribution >= 4 is 10.0 Å². The van der Waals surface area contributed by atoms with E-state index in [1.165, 1.54) is 0 Å². The molecule has 0 bridgehead atoms. The van der Waals surface area contributed by atoms with Crippen molar-refractivity contribution in [2.24, 2.45) is 0 Å². The van der Waals surface area contributed by atoms with Crippen LogP contribution in [0.1, 0.15) is 12.8 Å². The Morgan fingerprint density at radius 1 is 0.905 bits per heavy atom. The van der Waals surface area contributed by atoms with Crippen molar-refractivity contribution in [3.63, 3.8) is 0 Å². The van der Waals surface area contributed by atoms with Gasteiger partial charge in [0.1, 0.15) is 0 Å². The van der Waals surface area contributed by atoms with Crippen molar-refractivity contribution < 1.29 is 13.5 Å². The lowest BCUT2D eigenvalue weighted by molar-refractivity contribution is 0.285. The van der Waals surface area contributed by atoms with Crippen LogP contribution in [0.25, 0.3) is 11.1 Å². The minimum atomic E-state index is -3.50. The first-order valence-electron chi connectivity index (χ1n) is 6.89. The van der Waals surface area contributed by atoms with Gasteiger partial charge in [-0.15, -0.1) is 0 Å². The summed E-state index contributed by atoms with van der Waals surface area (Å²) in [5, 5.41) is 8.70. The molecule has 2 N–H and O–H groups in total. The zero-order chi connectivity index (χ0) is 15.1. The lowest BCUT2D eigenvalue weighted by atomic mass is 10.1. The van der Waals surface area contributed by atoms with Crippen LogP contribution in [-0.2, 0) is 10.0 Å². The van der Waals surface area contributed by atoms with Gasteiger partial charge in [0.25, 0.3) is 0 Å². The first kappa shape index (κ1) is 15.7. The molecule has 0 heterocycles. The van der Waals surface area contributed by atoms with E-state index in [2.05, 4.69) is 4.72 Å². The third-order valence-corrected chi connectivity index (χ3v) is 4.59. The Hall–Kier alpha value is -1.69. The molecule has 2 aromatic carbocycles. The highest BCUT2D eigenvalue weighted by Gasteiger charge is 2.13. The van der Waals surface area contributed by atoms with E-state index in [1.807, 2.05) is 36.4 Å². The topological polar surface area (TPSA) is 66.4 Å². The summed E-state index contributed by atoms with van der Waals surface area (Å²) < 4.78 is 27.0. The Morgan fingerprint density at radius 2 is 1.62 bits per heavy atom. The van der Waals surface area contributed by atoms with Gasteiger partial charge >= 0.3 is 0 Å². The molecule has 21 heavy (non-hydrogen) atoms. The molecule has 2 rings (SSSR count). The Bertz CT molecular complexity index is 669. The number of aliphatic hydroxyl groups excluding tert-OH is 1. The maximum atomic E-state index is 12.2. The van der Waals surface area contributed by atoms with Gasteiger partial charge in [-0.1, -0.05) is 42.5 Å². The summed E-state index contributed by atoms with van der Waals surface area (Å²) >= 11 is 0. The number of sulfonamides is 1. The molecule has 0 aliphatic heterocycles. The van der Waals surface area contributed by atoms with Gasteiger partial charge in [-0.05, 0) is 36.1 Å². The van der Waals surface area contributed by atoms with Crippen molar-refractivity contribution in [3.8, 4) is 11.1 Å². The van der Waals surface area contributed by atoms with Gasteiger partial charge in [0.05, 0.1) is 4.90 Å². The van der Waals surface area contributed by atoms with E-state index in [0.29, 0.717) is 19.4 Å². The number of hydrogen-bond donors (Lipinski definition) is 2. The highest BCUT2D eigenvalue weighted by Crippen LogP contribution is 2.22. The molecule has 2 aromatic rings. The molecule has 0 radical (unpaired) electrons. The molecule has 0 aliphatic carbocycles. The quantitative estimate of drug-likeness (QED) is 0.772. The van der Waals surface area contributed by atoms with E-state index >= 15 is 0 Å². The maximum Gasteiger partial charge on any atom is 0.240 e. The normalized spacial score (nSPS) is 11.5. The monoisotopic (exact) mass is 305 g/mol. The number of benzene rings is 2. The Morgan fingerprint density at radius 3 is 2.33 bits per heavy atom. The number of aliphatic hydroxyl groups is 1. The number of hydrogen-bond acceptors (Lipinski definition) is 3. The summed E-state index contributed by atoms with van der Waals surface area (Å²) in [6.45, 7) is 0.406. The second-order valence-corrected chi connectivity index (χ2v) is 6.49. The minimum absolute atomic E-state index is 0.0746. The molecule has 112 valence electrons. The fourth-order valence-electron chi connectivity index (χ4n) is 2.00. The van der Waals surface area contributed by atoms with E-state index in [4.69, 9.17) is 5.11 Å². The van der Waals surface area contributed by atoms with E-state index in [0.717, 1.165) is 11.1 Å². The second-order valence-electron chi connectivity index (χ2n) is 4.72. The van der Waals surface area contributed by atoms with Gasteiger partial charge in [0.2, 0.25) is 10.0 Å². The van der Waals surface area contributed by atoms with Crippen LogP contribution in [0.4, 0.5) is 0 Å². The van der Waals surface area contributed by atoms with Gasteiger partial charge < -0.3 is 5.11 Å². The largest absolute Gasteiger partial charge is 0.396 e. The standard InChI is InChI=1S/C16H19NO3S/c18-12-5-4-11-17-21(19,20)16-10-6-9-15(13-16)14-7-2-1-3-8-14/h1-3,6-10,13,17-18H,4-5,11-12H2. The molecule has 0 amide bonds. The van der Waals surface area contributed by atoms with E-state index in [-0.39, 0.29) is 11.5 Å². The van der Waals surface area contributed by atoms with Crippen LogP contribution < -0.4 is 4.72 Å². The zero-order valence-corrected chi connectivity index (χ0v) is 12.5. The molecule has 0 atom stereocenters. The molecular formula is C16H19NO3S. The third kappa shape index (κ3) is 4.39. The Labute approximate surface area is 125 Å². The van der Waals surface area contributed by atoms with Crippen LogP contribution in [0, 0.1) is 0 Å². The second kappa shape index (κ2) is 7.36. The summed E-state index contributed by atoms with van der Waals surface area (Å²) in [5.41, 5.74) is 1.85. The third-order valence-electron chi connectivity index (χ3n) is 3.13. The highest BCUT2D eigenvalue weighted by atomic mass is 32.2. The average Bonchev–Trinajstić information content (AvgIpc) is 2.53. The summed E-state index contributed by atoms with van der Waals surface area (Å²) in [6.07, 6.45) is 1.21. The van der Waals surface area contributed by atoms with E-state index < -0.39 is 10.0 Å². The Balaban J connectivity index is 2.17. The SMILES string of the molecule is O=S(=O)(NCCCCO)c1cccc(-c2ccccc2)c1. The predicted molar refractivity (Wildman–Crippen MR) is 83.4 cm³/mol. The zero-order valence-electron chi connectivity index (χ0n) is 11.7. The van der Waals surface area contributed by atoms with E-state index in [9.17, 15) is 8.42 Å². The average molecular weight is 305 g/mol. The lowest BCUT2D eigenvalue weighted by Crippen LogP contribution is -2.24. The van der Waals surface area contributed by atoms with Gasteiger partial charge in [-0.25, -0.2) is 13.1 Å². The molecule has 0 fully saturated rings. The van der Waals surface area contributed by atoms with Crippen molar-refractivity contribution in [3.05, 3.63) is 54.6 Å². The van der Waals surface area contributed by atoms with Crippen LogP contribution >= 0.6 is 0 Å². The van der Waals surface area contributed by atoms with Crippen LogP contribution in [0.5, 0.6) is 0 Å². The molecule has 0 spiro atoms. The van der Waals surface area contributed by atoms with Crippen molar-refractivity contribution in [2.75, 3.05) is 13.2 Å². The molecular weight excluding hydrogens is 286 g/mol. The van der Waals surface area contributed by atoms with Gasteiger partial charge in [0.15, 0.2) is 0 Å². The van der Waals surface area contributed by atoms with E-state index in [1.54, 1.807) is 18.2 Å². The van der Waals surface area contributed by atoms with Gasteiger partial charge in [-0.2, -0.15) is 0 Å². The number of nitrogens with one attached hydrogen (secondary N) is 1. The van der Waals surface area contributed by atoms with Crippen molar-refractivity contribution in [1.82, 2.24) is 4.72 Å². The van der Waals surface area contributed by atoms with Crippen LogP contribution in [0.3, 0.4) is 0 Å². The summed E-state index contributed by atoms with van der Waals surface area (Å²) in [4.78, 5) is 0.257. The fraction of sp³-hybridized carbons (Fsp3) is 0.250. The molecule has 4 nitrogen and oxygen atoms in total. The van der Waals surface area contributed by atoms with Crippen LogP contribution in [0.2, 0.25) is 0 Å². The van der Waals surface area contributed by atoms with Crippen LogP contribution in [0.15, 0.2) is 59.5 Å². The number of rotatable bonds is 7. The first-order chi connectivity index (χ1) is 10.1. The smallest absolute Gasteiger partial charge is 0.240 e. The summed E-state index contributed by atoms with van der Waals surface area (Å²) in [6, 6.07) is 16.5. The minimum Gasteiger partial charge on any atom is -0.396 e. The molecule has 0 saturated heterocycles. The molecule has 0 unspecified atom stereocenters. The summed E-state index contributed by atoms with van der Waals surface area (Å²) in [5.74, 6) is 0. The number of unbranched alkanes of at least 4 members (excludes halogenated alkanes) is 1. The predicted octanol–water partition coefficient (Wildman–Crippen LogP) is 2.40. The van der Waals surface area contributed by atoms with Gasteiger partial charge in [-0.3, -0.25) is 0 Å². The fourth-order valence-corrected chi connectivity index (χ4v) is 3.12. The summed E-state index contributed by atoms with van der Waals surface area (Å²) in [7, 11) is -3.50. The lowest BCUT2D eigenvalue weighted by Gasteiger charge is -2.08. The molecule has 5 heteroatoms. The van der Waals surface area contributed by atoms with Crippen molar-refractivity contribution in [2.45, 2.75) is 17.7 Å². The molecule has 0 aromatic heterocycles. The van der Waals surface area contributed by atoms with Gasteiger partial charge in [0, 0.05) is 13.2 Å². The van der Waals surface area contributed by atoms with Crippen LogP contribution in [-0.4, -0.2) is 26.7 Å². The molecule has 0 aliphatic rings. The Kier molecular flexibility index (Phi) is 5.50. The maximum absolute atomic E-state index is 12.2.